The Kier molecular flexibility index (Phi) is 7.62. The fraction of sp³-hybridized carbons (Fsp3) is 0.538. The lowest BCUT2D eigenvalue weighted by molar-refractivity contribution is -0.350. The first-order valence-corrected chi connectivity index (χ1v) is 16.5. The third-order valence-corrected chi connectivity index (χ3v) is 13.1. The molecule has 43 heavy (non-hydrogen) atoms. The molecular formula is C26H26F8N2O5S2. The quantitative estimate of drug-likeness (QED) is 0.313. The van der Waals surface area contributed by atoms with Gasteiger partial charge >= 0.3 is 18.0 Å². The minimum absolute atomic E-state index is 0.0279. The second kappa shape index (κ2) is 10.3. The highest BCUT2D eigenvalue weighted by Gasteiger charge is 2.75. The maximum Gasteiger partial charge on any atom is 0.437 e. The van der Waals surface area contributed by atoms with E-state index in [1.54, 1.807) is 0 Å². The molecule has 17 heteroatoms. The van der Waals surface area contributed by atoms with Crippen LogP contribution >= 0.6 is 10.6 Å². The lowest BCUT2D eigenvalue weighted by Crippen LogP contribution is -2.54. The van der Waals surface area contributed by atoms with Gasteiger partial charge in [-0.05, 0) is 73.6 Å². The molecule has 2 saturated heterocycles. The van der Waals surface area contributed by atoms with Crippen LogP contribution in [0.25, 0.3) is 0 Å². The summed E-state index contributed by atoms with van der Waals surface area (Å²) in [6, 6.07) is 2.80. The van der Waals surface area contributed by atoms with Gasteiger partial charge in [-0.3, -0.25) is 18.9 Å². The van der Waals surface area contributed by atoms with Crippen LogP contribution in [0.4, 0.5) is 35.1 Å². The Morgan fingerprint density at radius 2 is 1.56 bits per heavy atom. The van der Waals surface area contributed by atoms with Crippen LogP contribution in [0, 0.1) is 11.7 Å². The van der Waals surface area contributed by atoms with Crippen LogP contribution in [-0.2, 0) is 31.5 Å². The molecule has 2 unspecified atom stereocenters. The molecule has 3 heterocycles. The number of hydrogen-bond acceptors (Lipinski definition) is 6. The molecule has 3 aliphatic rings. The van der Waals surface area contributed by atoms with Crippen molar-refractivity contribution in [1.29, 1.82) is 0 Å². The summed E-state index contributed by atoms with van der Waals surface area (Å²) >= 11 is 0. The Labute approximate surface area is 242 Å². The van der Waals surface area contributed by atoms with Gasteiger partial charge in [0.2, 0.25) is 5.91 Å². The van der Waals surface area contributed by atoms with Crippen molar-refractivity contribution in [3.63, 3.8) is 0 Å². The van der Waals surface area contributed by atoms with Crippen molar-refractivity contribution >= 4 is 26.3 Å². The normalized spacial score (nSPS) is 25.6. The number of benzene rings is 1. The highest BCUT2D eigenvalue weighted by atomic mass is 32.3. The van der Waals surface area contributed by atoms with Crippen LogP contribution in [-0.4, -0.2) is 69.8 Å². The summed E-state index contributed by atoms with van der Waals surface area (Å²) in [4.78, 5) is 17.8. The van der Waals surface area contributed by atoms with Gasteiger partial charge in [0.25, 0.3) is 0 Å². The predicted molar refractivity (Wildman–Crippen MR) is 138 cm³/mol. The van der Waals surface area contributed by atoms with E-state index in [1.165, 1.54) is 4.90 Å². The van der Waals surface area contributed by atoms with Crippen LogP contribution in [0.5, 0.6) is 0 Å². The van der Waals surface area contributed by atoms with E-state index in [9.17, 15) is 57.4 Å². The second-order valence-corrected chi connectivity index (χ2v) is 15.7. The standard InChI is InChI=1S/C26H26F8N2O5S2/c27-17-2-4-18(5-3-17)43(40,41)23-9-10-36(22(37)15-7-11-42(38,39)12-8-15)21(23)6-1-16-13-20(35-14-19(16)23)24(28,25(29,30)31)26(32,33)34/h2-5,13-15,21,38-39H,1,6-12H2. The Balaban J connectivity index is 1.64. The van der Waals surface area contributed by atoms with Crippen molar-refractivity contribution in [2.45, 2.75) is 65.8 Å². The van der Waals surface area contributed by atoms with Gasteiger partial charge in [-0.25, -0.2) is 17.2 Å². The fourth-order valence-electron chi connectivity index (χ4n) is 6.52. The molecule has 5 rings (SSSR count). The third kappa shape index (κ3) is 4.90. The number of carbonyl (C=O) groups is 1. The molecule has 0 radical (unpaired) electrons. The molecule has 1 aliphatic carbocycles. The average molecular weight is 663 g/mol. The molecule has 238 valence electrons. The van der Waals surface area contributed by atoms with Gasteiger partial charge in [-0.2, -0.15) is 36.9 Å². The van der Waals surface area contributed by atoms with Crippen molar-refractivity contribution in [3.8, 4) is 0 Å². The summed E-state index contributed by atoms with van der Waals surface area (Å²) in [7, 11) is -7.47. The zero-order valence-corrected chi connectivity index (χ0v) is 23.8. The first-order chi connectivity index (χ1) is 19.8. The molecule has 2 atom stereocenters. The zero-order valence-electron chi connectivity index (χ0n) is 22.1. The molecule has 2 aliphatic heterocycles. The number of alkyl halides is 7. The van der Waals surface area contributed by atoms with Gasteiger partial charge in [0.05, 0.1) is 16.6 Å². The van der Waals surface area contributed by atoms with E-state index in [4.69, 9.17) is 0 Å². The summed E-state index contributed by atoms with van der Waals surface area (Å²) in [5.74, 6) is -1.97. The average Bonchev–Trinajstić information content (AvgIpc) is 3.32. The molecule has 0 bridgehead atoms. The summed E-state index contributed by atoms with van der Waals surface area (Å²) in [5.41, 5.74) is -8.39. The molecule has 2 fully saturated rings. The zero-order chi connectivity index (χ0) is 31.8. The molecule has 0 spiro atoms. The Hall–Kier alpha value is -2.50. The number of aromatic nitrogens is 1. The lowest BCUT2D eigenvalue weighted by Gasteiger charge is -2.44. The first kappa shape index (κ1) is 31.9. The van der Waals surface area contributed by atoms with Gasteiger partial charge in [-0.1, -0.05) is 0 Å². The molecule has 1 aromatic carbocycles. The van der Waals surface area contributed by atoms with Crippen molar-refractivity contribution in [3.05, 3.63) is 59.2 Å². The molecule has 1 aromatic heterocycles. The molecule has 7 nitrogen and oxygen atoms in total. The number of halogens is 8. The first-order valence-electron chi connectivity index (χ1n) is 13.1. The minimum Gasteiger partial charge on any atom is -0.337 e. The number of carbonyl (C=O) groups excluding carboxylic acids is 1. The maximum atomic E-state index is 14.9. The predicted octanol–water partition coefficient (Wildman–Crippen LogP) is 5.89. The number of likely N-dealkylation sites (tertiary alicyclic amines) is 1. The smallest absolute Gasteiger partial charge is 0.337 e. The Morgan fingerprint density at radius 1 is 0.977 bits per heavy atom. The van der Waals surface area contributed by atoms with Crippen LogP contribution in [0.3, 0.4) is 0 Å². The fourth-order valence-corrected chi connectivity index (χ4v) is 10.4. The van der Waals surface area contributed by atoms with Gasteiger partial charge < -0.3 is 4.90 Å². The lowest BCUT2D eigenvalue weighted by atomic mass is 9.78. The van der Waals surface area contributed by atoms with Crippen LogP contribution in [0.1, 0.15) is 42.5 Å². The van der Waals surface area contributed by atoms with Crippen LogP contribution in [0.2, 0.25) is 0 Å². The van der Waals surface area contributed by atoms with E-state index in [0.29, 0.717) is 6.20 Å². The largest absolute Gasteiger partial charge is 0.437 e. The van der Waals surface area contributed by atoms with Crippen LogP contribution < -0.4 is 0 Å². The number of nitrogens with zero attached hydrogens (tertiary/aromatic N) is 2. The van der Waals surface area contributed by atoms with Gasteiger partial charge in [0.1, 0.15) is 10.6 Å². The van der Waals surface area contributed by atoms with E-state index in [0.717, 1.165) is 24.3 Å². The van der Waals surface area contributed by atoms with E-state index >= 15 is 0 Å². The summed E-state index contributed by atoms with van der Waals surface area (Å²) in [6.07, 6.45) is -12.9. The van der Waals surface area contributed by atoms with Gasteiger partial charge in [0, 0.05) is 30.2 Å². The molecule has 0 saturated carbocycles. The number of pyridine rings is 1. The monoisotopic (exact) mass is 662 g/mol. The van der Waals surface area contributed by atoms with Gasteiger partial charge in [-0.15, -0.1) is 0 Å². The van der Waals surface area contributed by atoms with Crippen molar-refractivity contribution < 1.29 is 57.4 Å². The molecule has 2 N–H and O–H groups in total. The van der Waals surface area contributed by atoms with Crippen molar-refractivity contribution in [2.24, 2.45) is 5.92 Å². The number of rotatable bonds is 4. The van der Waals surface area contributed by atoms with Crippen molar-refractivity contribution in [1.82, 2.24) is 9.88 Å². The summed E-state index contributed by atoms with van der Waals surface area (Å²) < 4.78 is 156. The SMILES string of the molecule is O=C(C1CCS(O)(O)CC1)N1CCC2(S(=O)(=O)c3ccc(F)cc3)c3cnc(C(F)(C(F)(F)F)C(F)(F)F)cc3CCC12. The number of sulfone groups is 1. The summed E-state index contributed by atoms with van der Waals surface area (Å²) in [5, 5.41) is 0. The topological polar surface area (TPSA) is 108 Å². The van der Waals surface area contributed by atoms with Crippen molar-refractivity contribution in [2.75, 3.05) is 18.1 Å². The number of aryl methyl sites for hydroxylation is 1. The Morgan fingerprint density at radius 3 is 2.12 bits per heavy atom. The highest BCUT2D eigenvalue weighted by Crippen LogP contribution is 2.56. The number of fused-ring (bicyclic) bond motifs is 3. The molecule has 2 aromatic rings. The van der Waals surface area contributed by atoms with E-state index in [2.05, 4.69) is 4.98 Å². The summed E-state index contributed by atoms with van der Waals surface area (Å²) in [6.45, 7) is -0.157. The number of hydrogen-bond donors (Lipinski definition) is 2. The highest BCUT2D eigenvalue weighted by molar-refractivity contribution is 8.24. The third-order valence-electron chi connectivity index (χ3n) is 8.73. The second-order valence-electron chi connectivity index (χ2n) is 11.0. The molecule has 1 amide bonds. The van der Waals surface area contributed by atoms with Crippen LogP contribution in [0.15, 0.2) is 41.4 Å². The van der Waals surface area contributed by atoms with E-state index in [1.807, 2.05) is 0 Å². The van der Waals surface area contributed by atoms with E-state index < -0.39 is 77.5 Å². The minimum atomic E-state index is -6.43. The molecular weight excluding hydrogens is 636 g/mol. The number of amides is 1. The Bertz CT molecular complexity index is 1510. The maximum absolute atomic E-state index is 14.9. The van der Waals surface area contributed by atoms with Gasteiger partial charge in [0.15, 0.2) is 9.84 Å². The van der Waals surface area contributed by atoms with E-state index in [-0.39, 0.29) is 67.3 Å².